The van der Waals surface area contributed by atoms with Crippen LogP contribution in [-0.4, -0.2) is 5.24 Å². The highest BCUT2D eigenvalue weighted by Gasteiger charge is 2.30. The quantitative estimate of drug-likeness (QED) is 0.699. The maximum atomic E-state index is 12.4. The lowest BCUT2D eigenvalue weighted by Gasteiger charge is -2.07. The zero-order valence-corrected chi connectivity index (χ0v) is 9.14. The van der Waals surface area contributed by atoms with Crippen LogP contribution in [0.15, 0.2) is 36.4 Å². The van der Waals surface area contributed by atoms with Crippen LogP contribution in [0.25, 0.3) is 10.8 Å². The number of rotatable bonds is 1. The van der Waals surface area contributed by atoms with Crippen molar-refractivity contribution in [2.75, 3.05) is 0 Å². The largest absolute Gasteiger partial charge is 0.416 e. The van der Waals surface area contributed by atoms with Crippen LogP contribution in [0.5, 0.6) is 0 Å². The number of hydrogen-bond donors (Lipinski definition) is 0. The van der Waals surface area contributed by atoms with Crippen molar-refractivity contribution in [2.24, 2.45) is 0 Å². The van der Waals surface area contributed by atoms with Crippen molar-refractivity contribution in [3.63, 3.8) is 0 Å². The molecule has 0 saturated carbocycles. The molecule has 0 radical (unpaired) electrons. The first-order valence-corrected chi connectivity index (χ1v) is 5.06. The fourth-order valence-corrected chi connectivity index (χ4v) is 1.66. The molecule has 88 valence electrons. The molecular weight excluding hydrogens is 253 g/mol. The minimum atomic E-state index is -4.37. The van der Waals surface area contributed by atoms with Crippen molar-refractivity contribution < 1.29 is 18.0 Å². The lowest BCUT2D eigenvalue weighted by molar-refractivity contribution is -0.137. The third-order valence-corrected chi connectivity index (χ3v) is 2.61. The Balaban J connectivity index is 2.58. The van der Waals surface area contributed by atoms with Gasteiger partial charge in [0.05, 0.1) is 5.56 Å². The highest BCUT2D eigenvalue weighted by molar-refractivity contribution is 6.67. The molecule has 0 saturated heterocycles. The second-order valence-corrected chi connectivity index (χ2v) is 3.89. The molecule has 5 heteroatoms. The molecule has 0 fully saturated rings. The summed E-state index contributed by atoms with van der Waals surface area (Å²) >= 11 is 5.29. The number of carbonyl (C=O) groups excluding carboxylic acids is 1. The number of fused-ring (bicyclic) bond motifs is 1. The van der Waals surface area contributed by atoms with Gasteiger partial charge in [-0.25, -0.2) is 0 Å². The van der Waals surface area contributed by atoms with Gasteiger partial charge in [-0.15, -0.1) is 0 Å². The molecule has 0 aliphatic rings. The van der Waals surface area contributed by atoms with Gasteiger partial charge in [-0.1, -0.05) is 12.1 Å². The van der Waals surface area contributed by atoms with Crippen molar-refractivity contribution in [3.8, 4) is 0 Å². The lowest BCUT2D eigenvalue weighted by Crippen LogP contribution is -2.04. The van der Waals surface area contributed by atoms with Gasteiger partial charge >= 0.3 is 6.18 Å². The zero-order chi connectivity index (χ0) is 12.6. The van der Waals surface area contributed by atoms with Gasteiger partial charge in [0.1, 0.15) is 0 Å². The number of alkyl halides is 3. The molecule has 2 aromatic rings. The molecule has 2 rings (SSSR count). The number of halogens is 4. The Bertz CT molecular complexity index is 590. The van der Waals surface area contributed by atoms with E-state index in [1.807, 2.05) is 0 Å². The molecule has 0 aromatic heterocycles. The van der Waals surface area contributed by atoms with Crippen LogP contribution in [0.1, 0.15) is 15.9 Å². The summed E-state index contributed by atoms with van der Waals surface area (Å²) in [6.07, 6.45) is -4.37. The first-order valence-electron chi connectivity index (χ1n) is 4.69. The van der Waals surface area contributed by atoms with E-state index in [4.69, 9.17) is 11.6 Å². The van der Waals surface area contributed by atoms with Crippen molar-refractivity contribution in [3.05, 3.63) is 47.5 Å². The van der Waals surface area contributed by atoms with E-state index in [1.54, 1.807) is 0 Å². The SMILES string of the molecule is O=C(Cl)c1ccc2cc(C(F)(F)F)ccc2c1. The smallest absolute Gasteiger partial charge is 0.276 e. The molecular formula is C12H6ClF3O. The van der Waals surface area contributed by atoms with Crippen LogP contribution in [0.4, 0.5) is 13.2 Å². The molecule has 0 amide bonds. The Morgan fingerprint density at radius 3 is 2.18 bits per heavy atom. The molecule has 0 aliphatic heterocycles. The first kappa shape index (κ1) is 11.9. The van der Waals surface area contributed by atoms with Crippen LogP contribution < -0.4 is 0 Å². The zero-order valence-electron chi connectivity index (χ0n) is 8.38. The summed E-state index contributed by atoms with van der Waals surface area (Å²) in [5, 5.41) is 0.331. The maximum Gasteiger partial charge on any atom is 0.416 e. The summed E-state index contributed by atoms with van der Waals surface area (Å²) in [6.45, 7) is 0. The standard InChI is InChI=1S/C12H6ClF3O/c13-11(17)9-2-1-8-6-10(12(14,15)16)4-3-7(8)5-9/h1-6H. The normalized spacial score (nSPS) is 11.8. The van der Waals surface area contributed by atoms with E-state index in [-0.39, 0.29) is 5.56 Å². The number of hydrogen-bond acceptors (Lipinski definition) is 1. The minimum absolute atomic E-state index is 0.263. The Morgan fingerprint density at radius 1 is 1.00 bits per heavy atom. The van der Waals surface area contributed by atoms with Crippen LogP contribution in [-0.2, 0) is 6.18 Å². The predicted molar refractivity (Wildman–Crippen MR) is 59.1 cm³/mol. The minimum Gasteiger partial charge on any atom is -0.276 e. The second kappa shape index (κ2) is 4.04. The van der Waals surface area contributed by atoms with Gasteiger partial charge in [0.15, 0.2) is 0 Å². The van der Waals surface area contributed by atoms with Crippen LogP contribution in [0, 0.1) is 0 Å². The molecule has 1 nitrogen and oxygen atoms in total. The van der Waals surface area contributed by atoms with E-state index in [0.717, 1.165) is 12.1 Å². The van der Waals surface area contributed by atoms with E-state index in [0.29, 0.717) is 10.8 Å². The number of benzene rings is 2. The van der Waals surface area contributed by atoms with Crippen LogP contribution in [0.2, 0.25) is 0 Å². The third-order valence-electron chi connectivity index (χ3n) is 2.39. The van der Waals surface area contributed by atoms with Crippen molar-refractivity contribution >= 4 is 27.6 Å². The van der Waals surface area contributed by atoms with E-state index >= 15 is 0 Å². The summed E-state index contributed by atoms with van der Waals surface area (Å²) in [5.74, 6) is 0. The van der Waals surface area contributed by atoms with Crippen molar-refractivity contribution in [1.82, 2.24) is 0 Å². The monoisotopic (exact) mass is 258 g/mol. The molecule has 0 unspecified atom stereocenters. The highest BCUT2D eigenvalue weighted by atomic mass is 35.5. The van der Waals surface area contributed by atoms with Crippen LogP contribution >= 0.6 is 11.6 Å². The molecule has 0 aliphatic carbocycles. The van der Waals surface area contributed by atoms with Gasteiger partial charge in [0.25, 0.3) is 5.24 Å². The van der Waals surface area contributed by atoms with Gasteiger partial charge in [0, 0.05) is 5.56 Å². The topological polar surface area (TPSA) is 17.1 Å². The van der Waals surface area contributed by atoms with Gasteiger partial charge in [-0.2, -0.15) is 13.2 Å². The Kier molecular flexibility index (Phi) is 2.83. The van der Waals surface area contributed by atoms with Crippen molar-refractivity contribution in [1.29, 1.82) is 0 Å². The molecule has 0 heterocycles. The van der Waals surface area contributed by atoms with E-state index < -0.39 is 17.0 Å². The average Bonchev–Trinajstić information content (AvgIpc) is 2.26. The number of carbonyl (C=O) groups is 1. The van der Waals surface area contributed by atoms with E-state index in [1.165, 1.54) is 24.3 Å². The van der Waals surface area contributed by atoms with Crippen molar-refractivity contribution in [2.45, 2.75) is 6.18 Å². The third kappa shape index (κ3) is 2.42. The molecule has 17 heavy (non-hydrogen) atoms. The second-order valence-electron chi connectivity index (χ2n) is 3.55. The van der Waals surface area contributed by atoms with Gasteiger partial charge in [-0.05, 0) is 46.6 Å². The lowest BCUT2D eigenvalue weighted by atomic mass is 10.0. The molecule has 0 bridgehead atoms. The molecule has 2 aromatic carbocycles. The van der Waals surface area contributed by atoms with Crippen LogP contribution in [0.3, 0.4) is 0 Å². The Labute approximate surface area is 99.8 Å². The maximum absolute atomic E-state index is 12.4. The summed E-state index contributed by atoms with van der Waals surface area (Å²) < 4.78 is 37.3. The Morgan fingerprint density at radius 2 is 1.59 bits per heavy atom. The fourth-order valence-electron chi connectivity index (χ4n) is 1.54. The van der Waals surface area contributed by atoms with E-state index in [2.05, 4.69) is 0 Å². The summed E-state index contributed by atoms with van der Waals surface area (Å²) in [6, 6.07) is 7.65. The molecule has 0 N–H and O–H groups in total. The van der Waals surface area contributed by atoms with Gasteiger partial charge < -0.3 is 0 Å². The summed E-state index contributed by atoms with van der Waals surface area (Å²) in [4.78, 5) is 10.9. The Hall–Kier alpha value is -1.55. The first-order chi connectivity index (χ1) is 7.88. The average molecular weight is 259 g/mol. The molecule has 0 atom stereocenters. The van der Waals surface area contributed by atoms with Gasteiger partial charge in [-0.3, -0.25) is 4.79 Å². The molecule has 0 spiro atoms. The van der Waals surface area contributed by atoms with Gasteiger partial charge in [0.2, 0.25) is 0 Å². The predicted octanol–water partition coefficient (Wildman–Crippen LogP) is 4.24. The van der Waals surface area contributed by atoms with E-state index in [9.17, 15) is 18.0 Å². The summed E-state index contributed by atoms with van der Waals surface area (Å²) in [5.41, 5.74) is -0.450. The highest BCUT2D eigenvalue weighted by Crippen LogP contribution is 2.31. The summed E-state index contributed by atoms with van der Waals surface area (Å²) in [7, 11) is 0. The fraction of sp³-hybridized carbons (Fsp3) is 0.0833.